The number of fused-ring (bicyclic) bond motifs is 3. The van der Waals surface area contributed by atoms with E-state index in [2.05, 4.69) is 0 Å². The second-order valence-electron chi connectivity index (χ2n) is 8.02. The lowest BCUT2D eigenvalue weighted by molar-refractivity contribution is -0.140. The first-order valence-electron chi connectivity index (χ1n) is 9.30. The first-order valence-corrected chi connectivity index (χ1v) is 9.68. The van der Waals surface area contributed by atoms with Gasteiger partial charge in [0.2, 0.25) is 11.6 Å². The van der Waals surface area contributed by atoms with Crippen molar-refractivity contribution in [2.45, 2.75) is 18.1 Å². The zero-order chi connectivity index (χ0) is 23.0. The molecule has 3 atom stereocenters. The smallest absolute Gasteiger partial charge is 0.255 e. The summed E-state index contributed by atoms with van der Waals surface area (Å²) in [5.41, 5.74) is 1.55. The molecule has 4 rings (SSSR count). The quantitative estimate of drug-likeness (QED) is 0.334. The number of aliphatic hydroxyl groups excluding tert-OH is 1. The van der Waals surface area contributed by atoms with E-state index in [4.69, 9.17) is 17.3 Å². The van der Waals surface area contributed by atoms with E-state index < -0.39 is 52.1 Å². The summed E-state index contributed by atoms with van der Waals surface area (Å²) in [5, 5.41) is 43.4. The SMILES string of the molecule is CN(C)C1C(O)=C(C(N)=O)C(=O)[C@@]2(O)C(=O)c3c(cc4c(Cl)ccc(O)c4c3O)C[C@@H]12. The van der Waals surface area contributed by atoms with E-state index in [1.165, 1.54) is 23.1 Å². The maximum atomic E-state index is 13.5. The van der Waals surface area contributed by atoms with Crippen molar-refractivity contribution in [2.75, 3.05) is 14.1 Å². The van der Waals surface area contributed by atoms with E-state index in [-0.39, 0.29) is 39.1 Å². The van der Waals surface area contributed by atoms with Crippen LogP contribution < -0.4 is 5.73 Å². The highest BCUT2D eigenvalue weighted by atomic mass is 35.5. The van der Waals surface area contributed by atoms with Gasteiger partial charge in [0, 0.05) is 16.3 Å². The van der Waals surface area contributed by atoms with Crippen LogP contribution in [0.2, 0.25) is 5.02 Å². The van der Waals surface area contributed by atoms with Crippen LogP contribution in [-0.4, -0.2) is 68.5 Å². The van der Waals surface area contributed by atoms with Gasteiger partial charge in [-0.05, 0) is 44.3 Å². The molecule has 162 valence electrons. The van der Waals surface area contributed by atoms with E-state index in [1.54, 1.807) is 14.1 Å². The predicted molar refractivity (Wildman–Crippen MR) is 110 cm³/mol. The summed E-state index contributed by atoms with van der Waals surface area (Å²) < 4.78 is 0. The van der Waals surface area contributed by atoms with Crippen molar-refractivity contribution in [3.05, 3.63) is 45.7 Å². The van der Waals surface area contributed by atoms with Crippen LogP contribution in [0.25, 0.3) is 10.8 Å². The Morgan fingerprint density at radius 3 is 2.42 bits per heavy atom. The molecule has 1 unspecified atom stereocenters. The van der Waals surface area contributed by atoms with E-state index in [0.717, 1.165) is 0 Å². The lowest BCUT2D eigenvalue weighted by Crippen LogP contribution is -2.66. The number of likely N-dealkylation sites (N-methyl/N-ethyl adjacent to an activating group) is 1. The van der Waals surface area contributed by atoms with Crippen molar-refractivity contribution in [1.82, 2.24) is 4.90 Å². The molecule has 0 aliphatic heterocycles. The third-order valence-electron chi connectivity index (χ3n) is 6.13. The Balaban J connectivity index is 2.06. The van der Waals surface area contributed by atoms with E-state index in [0.29, 0.717) is 0 Å². The van der Waals surface area contributed by atoms with Gasteiger partial charge in [0.05, 0.1) is 17.0 Å². The topological polar surface area (TPSA) is 161 Å². The number of hydrogen-bond donors (Lipinski definition) is 5. The third-order valence-corrected chi connectivity index (χ3v) is 6.46. The summed E-state index contributed by atoms with van der Waals surface area (Å²) in [7, 11) is 3.09. The number of aliphatic hydroxyl groups is 2. The minimum absolute atomic E-state index is 0.109. The summed E-state index contributed by atoms with van der Waals surface area (Å²) in [5.74, 6) is -6.56. The Morgan fingerprint density at radius 2 is 1.84 bits per heavy atom. The summed E-state index contributed by atoms with van der Waals surface area (Å²) in [6, 6.07) is 3.07. The maximum Gasteiger partial charge on any atom is 0.255 e. The molecule has 0 saturated carbocycles. The van der Waals surface area contributed by atoms with Crippen LogP contribution in [-0.2, 0) is 16.0 Å². The van der Waals surface area contributed by atoms with Crippen molar-refractivity contribution in [3.8, 4) is 11.5 Å². The fourth-order valence-corrected chi connectivity index (χ4v) is 4.97. The van der Waals surface area contributed by atoms with Gasteiger partial charge in [-0.1, -0.05) is 11.6 Å². The van der Waals surface area contributed by atoms with Gasteiger partial charge in [0.25, 0.3) is 5.91 Å². The van der Waals surface area contributed by atoms with E-state index >= 15 is 0 Å². The molecule has 6 N–H and O–H groups in total. The average Bonchev–Trinajstić information content (AvgIpc) is 2.67. The fraction of sp³-hybridized carbons (Fsp3) is 0.286. The number of carbonyl (C=O) groups is 3. The van der Waals surface area contributed by atoms with Gasteiger partial charge < -0.3 is 26.2 Å². The molecule has 0 radical (unpaired) electrons. The predicted octanol–water partition coefficient (Wildman–Crippen LogP) is 0.801. The Bertz CT molecular complexity index is 1240. The van der Waals surface area contributed by atoms with Crippen LogP contribution in [0.4, 0.5) is 0 Å². The molecular formula is C21H19ClN2O7. The van der Waals surface area contributed by atoms with Gasteiger partial charge >= 0.3 is 0 Å². The van der Waals surface area contributed by atoms with Gasteiger partial charge in [0.15, 0.2) is 5.60 Å². The maximum absolute atomic E-state index is 13.5. The highest BCUT2D eigenvalue weighted by Crippen LogP contribution is 2.49. The van der Waals surface area contributed by atoms with E-state index in [1.807, 2.05) is 0 Å². The number of hydrogen-bond acceptors (Lipinski definition) is 8. The molecule has 31 heavy (non-hydrogen) atoms. The number of Topliss-reactive ketones (excluding diaryl/α,β-unsaturated/α-hetero) is 2. The van der Waals surface area contributed by atoms with Gasteiger partial charge in [-0.2, -0.15) is 0 Å². The number of nitrogens with two attached hydrogens (primary N) is 1. The highest BCUT2D eigenvalue weighted by molar-refractivity contribution is 6.37. The Kier molecular flexibility index (Phi) is 4.55. The van der Waals surface area contributed by atoms with Crippen LogP contribution >= 0.6 is 11.6 Å². The Labute approximate surface area is 180 Å². The monoisotopic (exact) mass is 446 g/mol. The standard InChI is InChI=1S/C21H19ClN2O7/c1-24(2)15-9-6-7-5-8-10(22)3-4-11(25)13(8)16(26)12(7)18(28)21(9,31)19(29)14(17(15)27)20(23)30/h3-5,9,15,25-27,31H,6H2,1-2H3,(H2,23,30)/t9-,15?,21-/m0/s1. The Morgan fingerprint density at radius 1 is 1.19 bits per heavy atom. The first kappa shape index (κ1) is 21.1. The summed E-state index contributed by atoms with van der Waals surface area (Å²) >= 11 is 6.21. The zero-order valence-electron chi connectivity index (χ0n) is 16.5. The molecule has 9 nitrogen and oxygen atoms in total. The van der Waals surface area contributed by atoms with Crippen molar-refractivity contribution in [1.29, 1.82) is 0 Å². The molecular weight excluding hydrogens is 428 g/mol. The molecule has 0 spiro atoms. The number of benzene rings is 2. The van der Waals surface area contributed by atoms with Crippen molar-refractivity contribution in [3.63, 3.8) is 0 Å². The molecule has 2 aromatic carbocycles. The normalized spacial score (nSPS) is 25.7. The summed E-state index contributed by atoms with van der Waals surface area (Å²) in [6.07, 6.45) is -0.113. The largest absolute Gasteiger partial charge is 0.510 e. The van der Waals surface area contributed by atoms with Crippen LogP contribution in [0.1, 0.15) is 15.9 Å². The van der Waals surface area contributed by atoms with Crippen LogP contribution in [0.15, 0.2) is 29.5 Å². The first-order chi connectivity index (χ1) is 14.4. The number of primary amides is 1. The minimum atomic E-state index is -2.75. The number of rotatable bonds is 2. The zero-order valence-corrected chi connectivity index (χ0v) is 17.3. The van der Waals surface area contributed by atoms with Gasteiger partial charge in [-0.25, -0.2) is 0 Å². The molecule has 2 aromatic rings. The van der Waals surface area contributed by atoms with Crippen LogP contribution in [0.3, 0.4) is 0 Å². The lowest BCUT2D eigenvalue weighted by atomic mass is 9.61. The second kappa shape index (κ2) is 6.68. The number of amides is 1. The number of nitrogens with zero attached hydrogens (tertiary/aromatic N) is 1. The van der Waals surface area contributed by atoms with Crippen molar-refractivity contribution in [2.24, 2.45) is 11.7 Å². The molecule has 0 aromatic heterocycles. The molecule has 0 heterocycles. The Hall–Kier alpha value is -3.14. The van der Waals surface area contributed by atoms with Crippen LogP contribution in [0, 0.1) is 5.92 Å². The number of aromatic hydroxyl groups is 2. The van der Waals surface area contributed by atoms with Crippen molar-refractivity contribution >= 4 is 39.8 Å². The molecule has 1 amide bonds. The van der Waals surface area contributed by atoms with Gasteiger partial charge in [-0.3, -0.25) is 19.3 Å². The molecule has 2 aliphatic rings. The summed E-state index contributed by atoms with van der Waals surface area (Å²) in [4.78, 5) is 39.9. The van der Waals surface area contributed by atoms with Crippen molar-refractivity contribution < 1.29 is 34.8 Å². The molecule has 0 saturated heterocycles. The fourth-order valence-electron chi connectivity index (χ4n) is 4.75. The summed E-state index contributed by atoms with van der Waals surface area (Å²) in [6.45, 7) is 0. The molecule has 0 bridgehead atoms. The van der Waals surface area contributed by atoms with Gasteiger partial charge in [-0.15, -0.1) is 0 Å². The average molecular weight is 447 g/mol. The lowest BCUT2D eigenvalue weighted by Gasteiger charge is -2.47. The third kappa shape index (κ3) is 2.60. The number of phenolic OH excluding ortho intramolecular Hbond substituents is 2. The second-order valence-corrected chi connectivity index (χ2v) is 8.42. The number of ketones is 2. The number of phenols is 2. The number of halogens is 1. The highest BCUT2D eigenvalue weighted by Gasteiger charge is 2.63. The number of carbonyl (C=O) groups excluding carboxylic acids is 3. The minimum Gasteiger partial charge on any atom is -0.510 e. The molecule has 10 heteroatoms. The van der Waals surface area contributed by atoms with Gasteiger partial charge in [0.1, 0.15) is 22.8 Å². The van der Waals surface area contributed by atoms with E-state index in [9.17, 15) is 34.8 Å². The van der Waals surface area contributed by atoms with Crippen LogP contribution in [0.5, 0.6) is 11.5 Å². The molecule has 0 fully saturated rings. The molecule has 2 aliphatic carbocycles.